The minimum Gasteiger partial charge on any atom is -0.366 e. The Morgan fingerprint density at radius 1 is 1.06 bits per heavy atom. The largest absolute Gasteiger partial charge is 0.366 e. The number of hydrogen-bond donors (Lipinski definition) is 2. The van der Waals surface area contributed by atoms with Crippen molar-refractivity contribution in [2.24, 2.45) is 7.05 Å². The molecule has 5 heterocycles. The lowest BCUT2D eigenvalue weighted by Gasteiger charge is -2.10. The van der Waals surface area contributed by atoms with Crippen LogP contribution in [0.3, 0.4) is 0 Å². The summed E-state index contributed by atoms with van der Waals surface area (Å²) in [7, 11) is 1.87. The SMILES string of the molecule is Cn1cc(CNc2cc(C(=O)NCCc3ccc4ncccc4n3)nc3ccnn23)cn1. The minimum atomic E-state index is -0.249. The zero-order valence-corrected chi connectivity index (χ0v) is 17.4. The van der Waals surface area contributed by atoms with Crippen LogP contribution in [0, 0.1) is 0 Å². The number of pyridine rings is 2. The summed E-state index contributed by atoms with van der Waals surface area (Å²) >= 11 is 0. The van der Waals surface area contributed by atoms with Crippen molar-refractivity contribution in [1.29, 1.82) is 0 Å². The van der Waals surface area contributed by atoms with Crippen molar-refractivity contribution in [2.75, 3.05) is 11.9 Å². The van der Waals surface area contributed by atoms with E-state index in [0.29, 0.717) is 36.7 Å². The van der Waals surface area contributed by atoms with E-state index in [0.717, 1.165) is 22.3 Å². The molecule has 0 saturated carbocycles. The summed E-state index contributed by atoms with van der Waals surface area (Å²) in [6.45, 7) is 0.999. The summed E-state index contributed by atoms with van der Waals surface area (Å²) in [6, 6.07) is 11.1. The summed E-state index contributed by atoms with van der Waals surface area (Å²) in [5, 5.41) is 14.7. The van der Waals surface area contributed by atoms with Gasteiger partial charge in [-0.2, -0.15) is 14.7 Å². The number of carbonyl (C=O) groups is 1. The van der Waals surface area contributed by atoms with Gasteiger partial charge in [-0.15, -0.1) is 0 Å². The number of rotatable bonds is 7. The number of fused-ring (bicyclic) bond motifs is 2. The Balaban J connectivity index is 1.27. The standard InChI is InChI=1S/C22H21N9O/c1-30-14-15(13-27-30)12-25-21-11-19(29-20-7-10-26-31(20)21)22(32)24-9-6-16-4-5-17-18(28-16)3-2-8-23-17/h2-5,7-8,10-11,13-14,25H,6,9,12H2,1H3,(H,24,32). The van der Waals surface area contributed by atoms with E-state index in [1.165, 1.54) is 0 Å². The van der Waals surface area contributed by atoms with E-state index in [1.807, 2.05) is 37.5 Å². The van der Waals surface area contributed by atoms with Crippen LogP contribution in [0.4, 0.5) is 5.82 Å². The molecule has 5 aromatic rings. The van der Waals surface area contributed by atoms with Gasteiger partial charge in [-0.1, -0.05) is 0 Å². The third kappa shape index (κ3) is 4.10. The minimum absolute atomic E-state index is 0.249. The highest BCUT2D eigenvalue weighted by atomic mass is 16.1. The molecule has 0 fully saturated rings. The molecule has 0 unspecified atom stereocenters. The number of nitrogens with zero attached hydrogens (tertiary/aromatic N) is 7. The number of carbonyl (C=O) groups excluding carboxylic acids is 1. The Bertz CT molecular complexity index is 1410. The number of aryl methyl sites for hydroxylation is 1. The van der Waals surface area contributed by atoms with Crippen molar-refractivity contribution in [3.63, 3.8) is 0 Å². The van der Waals surface area contributed by atoms with E-state index >= 15 is 0 Å². The second-order valence-corrected chi connectivity index (χ2v) is 7.35. The van der Waals surface area contributed by atoms with Crippen LogP contribution in [0.2, 0.25) is 0 Å². The van der Waals surface area contributed by atoms with Crippen LogP contribution in [-0.2, 0) is 20.0 Å². The van der Waals surface area contributed by atoms with Crippen molar-refractivity contribution in [2.45, 2.75) is 13.0 Å². The normalized spacial score (nSPS) is 11.2. The third-order valence-corrected chi connectivity index (χ3v) is 5.00. The fourth-order valence-electron chi connectivity index (χ4n) is 3.44. The fourth-order valence-corrected chi connectivity index (χ4v) is 3.44. The average Bonchev–Trinajstić information content (AvgIpc) is 3.46. The van der Waals surface area contributed by atoms with Crippen molar-refractivity contribution in [1.82, 2.24) is 39.7 Å². The molecule has 160 valence electrons. The molecular formula is C22H21N9O. The quantitative estimate of drug-likeness (QED) is 0.408. The highest BCUT2D eigenvalue weighted by Gasteiger charge is 2.13. The molecular weight excluding hydrogens is 406 g/mol. The van der Waals surface area contributed by atoms with Crippen LogP contribution in [-0.4, -0.2) is 46.8 Å². The number of amides is 1. The van der Waals surface area contributed by atoms with E-state index in [4.69, 9.17) is 0 Å². The molecule has 5 rings (SSSR count). The first kappa shape index (κ1) is 19.6. The summed E-state index contributed by atoms with van der Waals surface area (Å²) in [6.07, 6.45) is 7.73. The Hall–Kier alpha value is -4.34. The molecule has 0 atom stereocenters. The monoisotopic (exact) mass is 427 g/mol. The third-order valence-electron chi connectivity index (χ3n) is 5.00. The van der Waals surface area contributed by atoms with Gasteiger partial charge < -0.3 is 10.6 Å². The molecule has 5 aromatic heterocycles. The zero-order chi connectivity index (χ0) is 21.9. The van der Waals surface area contributed by atoms with Crippen LogP contribution in [0.15, 0.2) is 61.2 Å². The number of nitrogens with one attached hydrogen (secondary N) is 2. The smallest absolute Gasteiger partial charge is 0.270 e. The van der Waals surface area contributed by atoms with Gasteiger partial charge in [-0.25, -0.2) is 4.98 Å². The van der Waals surface area contributed by atoms with Crippen LogP contribution < -0.4 is 10.6 Å². The second-order valence-electron chi connectivity index (χ2n) is 7.35. The van der Waals surface area contributed by atoms with Gasteiger partial charge in [-0.05, 0) is 24.3 Å². The summed E-state index contributed by atoms with van der Waals surface area (Å²) < 4.78 is 3.41. The van der Waals surface area contributed by atoms with E-state index < -0.39 is 0 Å². The molecule has 2 N–H and O–H groups in total. The summed E-state index contributed by atoms with van der Waals surface area (Å²) in [4.78, 5) is 26.1. The van der Waals surface area contributed by atoms with Gasteiger partial charge in [0.2, 0.25) is 0 Å². The van der Waals surface area contributed by atoms with Gasteiger partial charge in [-0.3, -0.25) is 19.4 Å². The molecule has 32 heavy (non-hydrogen) atoms. The van der Waals surface area contributed by atoms with Gasteiger partial charge in [0.05, 0.1) is 23.4 Å². The molecule has 10 nitrogen and oxygen atoms in total. The second kappa shape index (κ2) is 8.42. The maximum Gasteiger partial charge on any atom is 0.270 e. The van der Waals surface area contributed by atoms with E-state index in [2.05, 4.69) is 35.8 Å². The molecule has 10 heteroatoms. The van der Waals surface area contributed by atoms with Crippen molar-refractivity contribution < 1.29 is 4.79 Å². The maximum atomic E-state index is 12.8. The number of anilines is 1. The Labute approximate surface area is 183 Å². The first-order chi connectivity index (χ1) is 15.7. The lowest BCUT2D eigenvalue weighted by molar-refractivity contribution is 0.0949. The first-order valence-corrected chi connectivity index (χ1v) is 10.2. The Kier molecular flexibility index (Phi) is 5.16. The number of aromatic nitrogens is 7. The van der Waals surface area contributed by atoms with E-state index in [-0.39, 0.29) is 5.91 Å². The summed E-state index contributed by atoms with van der Waals surface area (Å²) in [5.74, 6) is 0.429. The lowest BCUT2D eigenvalue weighted by atomic mass is 10.2. The van der Waals surface area contributed by atoms with Crippen LogP contribution in [0.25, 0.3) is 16.7 Å². The topological polar surface area (TPSA) is 115 Å². The van der Waals surface area contributed by atoms with Gasteiger partial charge in [0.15, 0.2) is 5.65 Å². The molecule has 0 aliphatic carbocycles. The molecule has 0 saturated heterocycles. The molecule has 0 aliphatic heterocycles. The molecule has 0 spiro atoms. The van der Waals surface area contributed by atoms with Crippen molar-refractivity contribution >= 4 is 28.4 Å². The molecule has 0 bridgehead atoms. The van der Waals surface area contributed by atoms with Crippen LogP contribution >= 0.6 is 0 Å². The van der Waals surface area contributed by atoms with Crippen molar-refractivity contribution in [3.05, 3.63) is 78.1 Å². The average molecular weight is 427 g/mol. The predicted octanol–water partition coefficient (Wildman–Crippen LogP) is 1.99. The van der Waals surface area contributed by atoms with Crippen molar-refractivity contribution in [3.8, 4) is 0 Å². The van der Waals surface area contributed by atoms with E-state index in [9.17, 15) is 4.79 Å². The highest BCUT2D eigenvalue weighted by molar-refractivity contribution is 5.93. The van der Waals surface area contributed by atoms with Gasteiger partial charge in [0.1, 0.15) is 11.5 Å². The molecule has 0 aromatic carbocycles. The van der Waals surface area contributed by atoms with Gasteiger partial charge >= 0.3 is 0 Å². The number of hydrogen-bond acceptors (Lipinski definition) is 7. The van der Waals surface area contributed by atoms with Gasteiger partial charge in [0, 0.05) is 62.3 Å². The molecule has 1 amide bonds. The van der Waals surface area contributed by atoms with Gasteiger partial charge in [0.25, 0.3) is 5.91 Å². The lowest BCUT2D eigenvalue weighted by Crippen LogP contribution is -2.27. The Morgan fingerprint density at radius 2 is 2.00 bits per heavy atom. The zero-order valence-electron chi connectivity index (χ0n) is 17.4. The molecule has 0 aliphatic rings. The van der Waals surface area contributed by atoms with E-state index in [1.54, 1.807) is 39.9 Å². The predicted molar refractivity (Wildman–Crippen MR) is 119 cm³/mol. The maximum absolute atomic E-state index is 12.8. The summed E-state index contributed by atoms with van der Waals surface area (Å²) in [5.41, 5.74) is 4.52. The Morgan fingerprint density at radius 3 is 2.88 bits per heavy atom. The molecule has 0 radical (unpaired) electrons. The van der Waals surface area contributed by atoms with Crippen LogP contribution in [0.1, 0.15) is 21.7 Å². The highest BCUT2D eigenvalue weighted by Crippen LogP contribution is 2.14. The fraction of sp³-hybridized carbons (Fsp3) is 0.182. The van der Waals surface area contributed by atoms with Crippen LogP contribution in [0.5, 0.6) is 0 Å². The first-order valence-electron chi connectivity index (χ1n) is 10.2.